The molecule has 16 heavy (non-hydrogen) atoms. The molecule has 0 spiro atoms. The number of nitrogens with zero attached hydrogens (tertiary/aromatic N) is 2. The zero-order valence-electron chi connectivity index (χ0n) is 10.4. The predicted molar refractivity (Wildman–Crippen MR) is 66.2 cm³/mol. The highest BCUT2D eigenvalue weighted by Crippen LogP contribution is 2.30. The molecule has 1 rings (SSSR count). The molecule has 1 aromatic heterocycles. The van der Waals surface area contributed by atoms with Gasteiger partial charge in [0.1, 0.15) is 5.82 Å². The van der Waals surface area contributed by atoms with E-state index in [0.717, 1.165) is 5.56 Å². The molecule has 0 saturated carbocycles. The van der Waals surface area contributed by atoms with Crippen molar-refractivity contribution in [3.05, 3.63) is 23.9 Å². The number of anilines is 1. The summed E-state index contributed by atoms with van der Waals surface area (Å²) in [4.78, 5) is 4.16. The highest BCUT2D eigenvalue weighted by Gasteiger charge is 2.23. The Morgan fingerprint density at radius 1 is 1.31 bits per heavy atom. The van der Waals surface area contributed by atoms with Gasteiger partial charge in [-0.25, -0.2) is 13.4 Å². The Bertz CT molecular complexity index is 475. The molecule has 90 valence electrons. The third-order valence-electron chi connectivity index (χ3n) is 2.39. The SMILES string of the molecule is CN(c1ncccc1C(C)(C)C)S(C)(=O)=O. The van der Waals surface area contributed by atoms with E-state index in [1.807, 2.05) is 32.9 Å². The van der Waals surface area contributed by atoms with Gasteiger partial charge in [-0.15, -0.1) is 0 Å². The van der Waals surface area contributed by atoms with Crippen molar-refractivity contribution in [1.82, 2.24) is 4.98 Å². The smallest absolute Gasteiger partial charge is 0.233 e. The minimum atomic E-state index is -3.27. The van der Waals surface area contributed by atoms with Crippen molar-refractivity contribution in [2.24, 2.45) is 0 Å². The Hall–Kier alpha value is -1.10. The molecule has 0 aromatic carbocycles. The van der Waals surface area contributed by atoms with Crippen LogP contribution < -0.4 is 4.31 Å². The topological polar surface area (TPSA) is 50.3 Å². The van der Waals surface area contributed by atoms with Crippen LogP contribution in [0.3, 0.4) is 0 Å². The molecule has 0 aliphatic heterocycles. The Morgan fingerprint density at radius 2 is 1.88 bits per heavy atom. The number of hydrogen-bond acceptors (Lipinski definition) is 3. The zero-order valence-corrected chi connectivity index (χ0v) is 11.2. The van der Waals surface area contributed by atoms with E-state index in [1.165, 1.54) is 17.6 Å². The molecule has 0 radical (unpaired) electrons. The first kappa shape index (κ1) is 13.0. The number of rotatable bonds is 2. The summed E-state index contributed by atoms with van der Waals surface area (Å²) < 4.78 is 24.2. The van der Waals surface area contributed by atoms with Gasteiger partial charge in [0, 0.05) is 18.8 Å². The first-order chi connectivity index (χ1) is 7.14. The average molecular weight is 242 g/mol. The van der Waals surface area contributed by atoms with Crippen LogP contribution >= 0.6 is 0 Å². The lowest BCUT2D eigenvalue weighted by Gasteiger charge is -2.26. The number of hydrogen-bond donors (Lipinski definition) is 0. The molecule has 0 bridgehead atoms. The molecule has 0 unspecified atom stereocenters. The summed E-state index contributed by atoms with van der Waals surface area (Å²) >= 11 is 0. The van der Waals surface area contributed by atoms with Crippen molar-refractivity contribution in [3.63, 3.8) is 0 Å². The van der Waals surface area contributed by atoms with Crippen molar-refractivity contribution in [2.75, 3.05) is 17.6 Å². The van der Waals surface area contributed by atoms with Gasteiger partial charge in [-0.2, -0.15) is 0 Å². The van der Waals surface area contributed by atoms with Gasteiger partial charge in [0.25, 0.3) is 0 Å². The predicted octanol–water partition coefficient (Wildman–Crippen LogP) is 1.77. The lowest BCUT2D eigenvalue weighted by atomic mass is 9.87. The van der Waals surface area contributed by atoms with Crippen LogP contribution in [0.25, 0.3) is 0 Å². The zero-order chi connectivity index (χ0) is 12.6. The van der Waals surface area contributed by atoms with Crippen molar-refractivity contribution < 1.29 is 8.42 Å². The molecule has 0 aliphatic rings. The van der Waals surface area contributed by atoms with E-state index >= 15 is 0 Å². The molecular weight excluding hydrogens is 224 g/mol. The molecule has 5 heteroatoms. The van der Waals surface area contributed by atoms with Crippen LogP contribution in [0.2, 0.25) is 0 Å². The van der Waals surface area contributed by atoms with Crippen LogP contribution in [-0.4, -0.2) is 26.7 Å². The second-order valence-electron chi connectivity index (χ2n) is 4.86. The average Bonchev–Trinajstić information content (AvgIpc) is 2.14. The van der Waals surface area contributed by atoms with Gasteiger partial charge in [0.2, 0.25) is 10.0 Å². The fourth-order valence-corrected chi connectivity index (χ4v) is 1.85. The third kappa shape index (κ3) is 2.72. The Balaban J connectivity index is 3.36. The van der Waals surface area contributed by atoms with E-state index in [4.69, 9.17) is 0 Å². The summed E-state index contributed by atoms with van der Waals surface area (Å²) in [5.74, 6) is 0.498. The second-order valence-corrected chi connectivity index (χ2v) is 6.87. The van der Waals surface area contributed by atoms with Crippen LogP contribution in [0.15, 0.2) is 18.3 Å². The van der Waals surface area contributed by atoms with E-state index in [0.29, 0.717) is 5.82 Å². The maximum Gasteiger partial charge on any atom is 0.233 e. The van der Waals surface area contributed by atoms with Crippen molar-refractivity contribution in [2.45, 2.75) is 26.2 Å². The van der Waals surface area contributed by atoms with Gasteiger partial charge in [-0.3, -0.25) is 4.31 Å². The molecule has 0 N–H and O–H groups in total. The first-order valence-electron chi connectivity index (χ1n) is 5.03. The first-order valence-corrected chi connectivity index (χ1v) is 6.88. The highest BCUT2D eigenvalue weighted by atomic mass is 32.2. The monoisotopic (exact) mass is 242 g/mol. The molecule has 4 nitrogen and oxygen atoms in total. The van der Waals surface area contributed by atoms with Crippen molar-refractivity contribution in [1.29, 1.82) is 0 Å². The maximum atomic E-state index is 11.5. The van der Waals surface area contributed by atoms with Gasteiger partial charge in [0.05, 0.1) is 6.26 Å². The van der Waals surface area contributed by atoms with Gasteiger partial charge in [-0.05, 0) is 11.5 Å². The lowest BCUT2D eigenvalue weighted by Crippen LogP contribution is -2.29. The Kier molecular flexibility index (Phi) is 3.28. The van der Waals surface area contributed by atoms with Crippen LogP contribution in [0.1, 0.15) is 26.3 Å². The second kappa shape index (κ2) is 4.05. The van der Waals surface area contributed by atoms with E-state index in [1.54, 1.807) is 6.20 Å². The minimum absolute atomic E-state index is 0.136. The minimum Gasteiger partial charge on any atom is -0.257 e. The molecule has 1 heterocycles. The number of pyridine rings is 1. The Morgan fingerprint density at radius 3 is 2.31 bits per heavy atom. The van der Waals surface area contributed by atoms with E-state index < -0.39 is 10.0 Å². The van der Waals surface area contributed by atoms with Gasteiger partial charge >= 0.3 is 0 Å². The van der Waals surface area contributed by atoms with Crippen molar-refractivity contribution >= 4 is 15.8 Å². The highest BCUT2D eigenvalue weighted by molar-refractivity contribution is 7.92. The summed E-state index contributed by atoms with van der Waals surface area (Å²) in [6, 6.07) is 3.73. The van der Waals surface area contributed by atoms with Gasteiger partial charge in [0.15, 0.2) is 0 Å². The molecular formula is C11H18N2O2S. The molecule has 0 amide bonds. The van der Waals surface area contributed by atoms with Gasteiger partial charge in [-0.1, -0.05) is 26.8 Å². The van der Waals surface area contributed by atoms with Crippen LogP contribution in [0.4, 0.5) is 5.82 Å². The van der Waals surface area contributed by atoms with Crippen LogP contribution in [-0.2, 0) is 15.4 Å². The quantitative estimate of drug-likeness (QED) is 0.794. The van der Waals surface area contributed by atoms with Crippen molar-refractivity contribution in [3.8, 4) is 0 Å². The van der Waals surface area contributed by atoms with E-state index in [-0.39, 0.29) is 5.41 Å². The molecule has 0 atom stereocenters. The largest absolute Gasteiger partial charge is 0.257 e. The summed E-state index contributed by atoms with van der Waals surface area (Å²) in [7, 11) is -1.75. The summed E-state index contributed by atoms with van der Waals surface area (Å²) in [5, 5.41) is 0. The van der Waals surface area contributed by atoms with Gasteiger partial charge < -0.3 is 0 Å². The normalized spacial score (nSPS) is 12.6. The summed E-state index contributed by atoms with van der Waals surface area (Å²) in [6.45, 7) is 6.09. The third-order valence-corrected chi connectivity index (χ3v) is 3.56. The number of aromatic nitrogens is 1. The molecule has 0 fully saturated rings. The number of sulfonamides is 1. The Labute approximate surface area is 97.4 Å². The van der Waals surface area contributed by atoms with E-state index in [9.17, 15) is 8.42 Å². The summed E-state index contributed by atoms with van der Waals surface area (Å²) in [5.41, 5.74) is 0.783. The van der Waals surface area contributed by atoms with Crippen LogP contribution in [0.5, 0.6) is 0 Å². The van der Waals surface area contributed by atoms with Crippen LogP contribution in [0, 0.1) is 0 Å². The molecule has 0 aliphatic carbocycles. The fourth-order valence-electron chi connectivity index (χ4n) is 1.39. The summed E-state index contributed by atoms with van der Waals surface area (Å²) in [6.07, 6.45) is 2.78. The maximum absolute atomic E-state index is 11.5. The molecule has 0 saturated heterocycles. The fraction of sp³-hybridized carbons (Fsp3) is 0.545. The standard InChI is InChI=1S/C11H18N2O2S/c1-11(2,3)9-7-6-8-12-10(9)13(4)16(5,14)15/h6-8H,1-5H3. The van der Waals surface area contributed by atoms with E-state index in [2.05, 4.69) is 4.98 Å². The molecule has 1 aromatic rings. The lowest BCUT2D eigenvalue weighted by molar-refractivity contribution is 0.583.